The number of esters is 1. The molecular weight excluding hydrogens is 322 g/mol. The van der Waals surface area contributed by atoms with Gasteiger partial charge in [-0.15, -0.1) is 0 Å². The zero-order chi connectivity index (χ0) is 17.4. The minimum Gasteiger partial charge on any atom is -0.468 e. The van der Waals surface area contributed by atoms with Crippen molar-refractivity contribution in [2.75, 3.05) is 20.4 Å². The molecule has 0 bridgehead atoms. The van der Waals surface area contributed by atoms with E-state index in [1.54, 1.807) is 43.0 Å². The smallest absolute Gasteiger partial charge is 0.327 e. The van der Waals surface area contributed by atoms with Crippen molar-refractivity contribution in [2.45, 2.75) is 38.6 Å². The summed E-state index contributed by atoms with van der Waals surface area (Å²) in [6.45, 7) is 3.26. The van der Waals surface area contributed by atoms with Crippen molar-refractivity contribution in [3.05, 3.63) is 34.9 Å². The molecule has 7 heteroatoms. The van der Waals surface area contributed by atoms with Crippen molar-refractivity contribution in [1.82, 2.24) is 4.90 Å². The number of methoxy groups -OCH3 is 1. The van der Waals surface area contributed by atoms with Gasteiger partial charge in [-0.05, 0) is 31.9 Å². The maximum absolute atomic E-state index is 12.4. The zero-order valence-corrected chi connectivity index (χ0v) is 14.4. The van der Waals surface area contributed by atoms with Crippen LogP contribution in [0, 0.1) is 0 Å². The largest absolute Gasteiger partial charge is 0.468 e. The quantitative estimate of drug-likeness (QED) is 0.526. The number of benzene rings is 1. The lowest BCUT2D eigenvalue weighted by Gasteiger charge is -2.35. The molecule has 1 aromatic rings. The van der Waals surface area contributed by atoms with Crippen molar-refractivity contribution < 1.29 is 24.5 Å². The monoisotopic (exact) mass is 345 g/mol. The van der Waals surface area contributed by atoms with E-state index in [-0.39, 0.29) is 0 Å². The summed E-state index contributed by atoms with van der Waals surface area (Å²) in [6.07, 6.45) is -0.681. The van der Waals surface area contributed by atoms with Crippen LogP contribution in [0.4, 0.5) is 0 Å². The van der Waals surface area contributed by atoms with Crippen LogP contribution >= 0.6 is 11.6 Å². The topological polar surface area (TPSA) is 79.2 Å². The fourth-order valence-corrected chi connectivity index (χ4v) is 2.55. The second kappa shape index (κ2) is 9.85. The SMILES string of the molecule is COC(=O)C(c1ccccc1Cl)N(CCC(C)O)C(C)OCO. The average Bonchev–Trinajstić information content (AvgIpc) is 2.51. The van der Waals surface area contributed by atoms with Crippen LogP contribution in [0.2, 0.25) is 5.02 Å². The second-order valence-corrected chi connectivity index (χ2v) is 5.63. The Morgan fingerprint density at radius 3 is 2.52 bits per heavy atom. The van der Waals surface area contributed by atoms with Gasteiger partial charge in [-0.1, -0.05) is 29.8 Å². The number of carbonyl (C=O) groups excluding carboxylic acids is 1. The van der Waals surface area contributed by atoms with E-state index in [4.69, 9.17) is 26.2 Å². The highest BCUT2D eigenvalue weighted by molar-refractivity contribution is 6.31. The van der Waals surface area contributed by atoms with Gasteiger partial charge in [0.1, 0.15) is 19.1 Å². The van der Waals surface area contributed by atoms with Crippen LogP contribution in [0.25, 0.3) is 0 Å². The fraction of sp³-hybridized carbons (Fsp3) is 0.562. The molecule has 130 valence electrons. The van der Waals surface area contributed by atoms with E-state index < -0.39 is 31.1 Å². The summed E-state index contributed by atoms with van der Waals surface area (Å²) in [5.41, 5.74) is 0.583. The van der Waals surface area contributed by atoms with Gasteiger partial charge in [0.2, 0.25) is 0 Å². The number of nitrogens with zero attached hydrogens (tertiary/aromatic N) is 1. The van der Waals surface area contributed by atoms with E-state index in [1.807, 2.05) is 0 Å². The summed E-state index contributed by atoms with van der Waals surface area (Å²) in [7, 11) is 1.30. The molecule has 0 saturated carbocycles. The molecule has 0 aromatic heterocycles. The van der Waals surface area contributed by atoms with E-state index >= 15 is 0 Å². The number of hydrogen-bond donors (Lipinski definition) is 2. The van der Waals surface area contributed by atoms with Crippen molar-refractivity contribution >= 4 is 17.6 Å². The highest BCUT2D eigenvalue weighted by atomic mass is 35.5. The second-order valence-electron chi connectivity index (χ2n) is 5.22. The molecule has 0 heterocycles. The molecule has 1 aromatic carbocycles. The van der Waals surface area contributed by atoms with Crippen LogP contribution in [0.3, 0.4) is 0 Å². The average molecular weight is 346 g/mol. The molecule has 0 aliphatic heterocycles. The summed E-state index contributed by atoms with van der Waals surface area (Å²) < 4.78 is 10.1. The minimum atomic E-state index is -0.797. The fourth-order valence-electron chi connectivity index (χ4n) is 2.31. The van der Waals surface area contributed by atoms with Crippen molar-refractivity contribution in [3.8, 4) is 0 Å². The first-order valence-corrected chi connectivity index (χ1v) is 7.78. The highest BCUT2D eigenvalue weighted by Crippen LogP contribution is 2.30. The maximum Gasteiger partial charge on any atom is 0.327 e. The third kappa shape index (κ3) is 5.75. The minimum absolute atomic E-state index is 0.365. The Morgan fingerprint density at radius 2 is 2.00 bits per heavy atom. The number of aliphatic hydroxyl groups is 2. The standard InChI is InChI=1S/C16H24ClNO5/c1-11(20)8-9-18(12(2)23-10-19)15(16(21)22-3)13-6-4-5-7-14(13)17/h4-7,11-12,15,19-20H,8-10H2,1-3H3. The van der Waals surface area contributed by atoms with Crippen LogP contribution in [0.5, 0.6) is 0 Å². The van der Waals surface area contributed by atoms with Gasteiger partial charge < -0.3 is 19.7 Å². The first kappa shape index (κ1) is 19.9. The van der Waals surface area contributed by atoms with Gasteiger partial charge in [0.15, 0.2) is 0 Å². The normalized spacial score (nSPS) is 15.3. The Labute approximate surface area is 141 Å². The van der Waals surface area contributed by atoms with Crippen molar-refractivity contribution in [1.29, 1.82) is 0 Å². The highest BCUT2D eigenvalue weighted by Gasteiger charge is 2.33. The third-order valence-electron chi connectivity index (χ3n) is 3.54. The first-order chi connectivity index (χ1) is 10.9. The maximum atomic E-state index is 12.4. The van der Waals surface area contributed by atoms with E-state index in [2.05, 4.69) is 0 Å². The first-order valence-electron chi connectivity index (χ1n) is 7.40. The van der Waals surface area contributed by atoms with E-state index in [0.717, 1.165) is 0 Å². The molecule has 2 N–H and O–H groups in total. The Balaban J connectivity index is 3.20. The molecule has 3 atom stereocenters. The van der Waals surface area contributed by atoms with Gasteiger partial charge in [-0.3, -0.25) is 4.90 Å². The molecule has 0 amide bonds. The van der Waals surface area contributed by atoms with Gasteiger partial charge in [0.25, 0.3) is 0 Å². The van der Waals surface area contributed by atoms with Crippen molar-refractivity contribution in [2.24, 2.45) is 0 Å². The molecular formula is C16H24ClNO5. The molecule has 6 nitrogen and oxygen atoms in total. The number of carbonyl (C=O) groups is 1. The number of aliphatic hydroxyl groups excluding tert-OH is 2. The van der Waals surface area contributed by atoms with Gasteiger partial charge in [-0.2, -0.15) is 0 Å². The van der Waals surface area contributed by atoms with Crippen LogP contribution in [-0.4, -0.2) is 53.9 Å². The van der Waals surface area contributed by atoms with Crippen LogP contribution in [0.15, 0.2) is 24.3 Å². The molecule has 0 aliphatic carbocycles. The molecule has 0 fully saturated rings. The summed E-state index contributed by atoms with van der Waals surface area (Å²) in [5, 5.41) is 19.0. The number of rotatable bonds is 9. The van der Waals surface area contributed by atoms with E-state index in [1.165, 1.54) is 7.11 Å². The van der Waals surface area contributed by atoms with Crippen molar-refractivity contribution in [3.63, 3.8) is 0 Å². The number of hydrogen-bond acceptors (Lipinski definition) is 6. The molecule has 0 aliphatic rings. The summed E-state index contributed by atoms with van der Waals surface area (Å²) >= 11 is 6.23. The van der Waals surface area contributed by atoms with E-state index in [0.29, 0.717) is 23.6 Å². The van der Waals surface area contributed by atoms with Gasteiger partial charge in [0, 0.05) is 11.6 Å². The third-order valence-corrected chi connectivity index (χ3v) is 3.89. The molecule has 0 radical (unpaired) electrons. The van der Waals surface area contributed by atoms with Crippen LogP contribution < -0.4 is 0 Å². The zero-order valence-electron chi connectivity index (χ0n) is 13.6. The van der Waals surface area contributed by atoms with E-state index in [9.17, 15) is 9.90 Å². The van der Waals surface area contributed by atoms with Gasteiger partial charge >= 0.3 is 5.97 Å². The lowest BCUT2D eigenvalue weighted by atomic mass is 10.0. The van der Waals surface area contributed by atoms with Crippen LogP contribution in [-0.2, 0) is 14.3 Å². The Kier molecular flexibility index (Phi) is 8.51. The lowest BCUT2D eigenvalue weighted by Crippen LogP contribution is -2.43. The Hall–Kier alpha value is -1.18. The summed E-state index contributed by atoms with van der Waals surface area (Å²) in [6, 6.07) is 6.19. The predicted molar refractivity (Wildman–Crippen MR) is 86.8 cm³/mol. The molecule has 0 spiro atoms. The molecule has 23 heavy (non-hydrogen) atoms. The number of ether oxygens (including phenoxy) is 2. The Morgan fingerprint density at radius 1 is 1.35 bits per heavy atom. The van der Waals surface area contributed by atoms with Gasteiger partial charge in [-0.25, -0.2) is 4.79 Å². The Bertz CT molecular complexity index is 497. The van der Waals surface area contributed by atoms with Crippen LogP contribution in [0.1, 0.15) is 31.9 Å². The van der Waals surface area contributed by atoms with Gasteiger partial charge in [0.05, 0.1) is 13.2 Å². The molecule has 3 unspecified atom stereocenters. The molecule has 0 saturated heterocycles. The lowest BCUT2D eigenvalue weighted by molar-refractivity contribution is -0.162. The number of halogens is 1. The summed E-state index contributed by atoms with van der Waals surface area (Å²) in [5.74, 6) is -0.489. The predicted octanol–water partition coefficient (Wildman–Crippen LogP) is 1.94. The molecule has 1 rings (SSSR count). The summed E-state index contributed by atoms with van der Waals surface area (Å²) in [4.78, 5) is 14.1.